The topological polar surface area (TPSA) is 61.4 Å². The zero-order valence-electron chi connectivity index (χ0n) is 20.9. The van der Waals surface area contributed by atoms with E-state index in [9.17, 15) is 0 Å². The molecular weight excluding hydrogens is 529 g/mol. The number of halogens is 1. The zero-order chi connectivity index (χ0) is 22.8. The fourth-order valence-corrected chi connectivity index (χ4v) is 4.85. The van der Waals surface area contributed by atoms with Gasteiger partial charge in [-0.05, 0) is 50.0 Å². The highest BCUT2D eigenvalue weighted by molar-refractivity contribution is 14.0. The Hall–Kier alpha value is -1.26. The predicted molar refractivity (Wildman–Crippen MR) is 147 cm³/mol. The van der Waals surface area contributed by atoms with Gasteiger partial charge in [-0.1, -0.05) is 32.8 Å². The number of hydrogen-bond acceptors (Lipinski definition) is 5. The van der Waals surface area contributed by atoms with Crippen molar-refractivity contribution in [3.63, 3.8) is 0 Å². The lowest BCUT2D eigenvalue weighted by Crippen LogP contribution is -2.45. The number of rotatable bonds is 11. The average Bonchev–Trinajstić information content (AvgIpc) is 3.52. The van der Waals surface area contributed by atoms with Gasteiger partial charge >= 0.3 is 0 Å². The van der Waals surface area contributed by atoms with Crippen LogP contribution in [0.15, 0.2) is 23.2 Å². The van der Waals surface area contributed by atoms with Crippen LogP contribution in [0.25, 0.3) is 0 Å². The molecule has 0 amide bonds. The highest BCUT2D eigenvalue weighted by Gasteiger charge is 2.30. The third-order valence-corrected chi connectivity index (χ3v) is 6.87. The van der Waals surface area contributed by atoms with Crippen molar-refractivity contribution in [2.45, 2.75) is 64.6 Å². The Morgan fingerprint density at radius 2 is 1.91 bits per heavy atom. The number of nitrogens with zero attached hydrogens (tertiary/aromatic N) is 3. The van der Waals surface area contributed by atoms with Crippen LogP contribution in [0.5, 0.6) is 11.5 Å². The van der Waals surface area contributed by atoms with E-state index in [1.165, 1.54) is 38.6 Å². The van der Waals surface area contributed by atoms with Crippen molar-refractivity contribution in [2.75, 3.05) is 53.5 Å². The van der Waals surface area contributed by atoms with Crippen LogP contribution in [0.4, 0.5) is 0 Å². The Labute approximate surface area is 217 Å². The van der Waals surface area contributed by atoms with Gasteiger partial charge in [-0.2, -0.15) is 0 Å². The highest BCUT2D eigenvalue weighted by atomic mass is 127. The second kappa shape index (κ2) is 14.9. The number of hydrogen-bond donors (Lipinski definition) is 2. The molecule has 1 saturated heterocycles. The standard InChI is InChI=1S/C25H43N5O2.HI/c1-5-29(6-2)15-16-32-23-12-11-20(17-24(23)31-4)18-27-25(26-3)28-21-13-14-30(19-21)22-9-7-8-10-22;/h11-12,17,21-22H,5-10,13-16,18-19H2,1-4H3,(H2,26,27,28);1H. The molecule has 33 heavy (non-hydrogen) atoms. The number of methoxy groups -OCH3 is 1. The molecule has 2 N–H and O–H groups in total. The number of aliphatic imine (C=N–C) groups is 1. The normalized spacial score (nSPS) is 19.5. The molecule has 1 heterocycles. The van der Waals surface area contributed by atoms with Crippen LogP contribution in [0.2, 0.25) is 0 Å². The summed E-state index contributed by atoms with van der Waals surface area (Å²) in [6.07, 6.45) is 6.72. The smallest absolute Gasteiger partial charge is 0.191 e. The molecule has 2 fully saturated rings. The maximum Gasteiger partial charge on any atom is 0.191 e. The molecule has 2 aliphatic rings. The third-order valence-electron chi connectivity index (χ3n) is 6.87. The number of guanidine groups is 1. The van der Waals surface area contributed by atoms with Crippen molar-refractivity contribution in [1.82, 2.24) is 20.4 Å². The molecule has 1 aromatic carbocycles. The lowest BCUT2D eigenvalue weighted by molar-refractivity contribution is 0.217. The fraction of sp³-hybridized carbons (Fsp3) is 0.720. The molecule has 1 aliphatic heterocycles. The van der Waals surface area contributed by atoms with Crippen LogP contribution in [-0.2, 0) is 6.54 Å². The molecule has 8 heteroatoms. The fourth-order valence-electron chi connectivity index (χ4n) is 4.85. The van der Waals surface area contributed by atoms with Crippen LogP contribution >= 0.6 is 24.0 Å². The summed E-state index contributed by atoms with van der Waals surface area (Å²) in [6.45, 7) is 11.0. The minimum absolute atomic E-state index is 0. The predicted octanol–water partition coefficient (Wildman–Crippen LogP) is 3.72. The molecule has 1 atom stereocenters. The molecule has 0 aromatic heterocycles. The van der Waals surface area contributed by atoms with Crippen LogP contribution < -0.4 is 20.1 Å². The number of benzene rings is 1. The van der Waals surface area contributed by atoms with Crippen molar-refractivity contribution in [3.05, 3.63) is 23.8 Å². The van der Waals surface area contributed by atoms with E-state index in [1.54, 1.807) is 7.11 Å². The lowest BCUT2D eigenvalue weighted by Gasteiger charge is -2.24. The first-order chi connectivity index (χ1) is 15.7. The number of nitrogens with one attached hydrogen (secondary N) is 2. The maximum absolute atomic E-state index is 5.98. The SMILES string of the molecule is CCN(CC)CCOc1ccc(CNC(=NC)NC2CCN(C3CCCC3)C2)cc1OC.I. The zero-order valence-corrected chi connectivity index (χ0v) is 23.3. The largest absolute Gasteiger partial charge is 0.493 e. The minimum atomic E-state index is 0. The van der Waals surface area contributed by atoms with E-state index in [-0.39, 0.29) is 24.0 Å². The molecule has 188 valence electrons. The first-order valence-electron chi connectivity index (χ1n) is 12.4. The first kappa shape index (κ1) is 28.0. The van der Waals surface area contributed by atoms with E-state index in [0.29, 0.717) is 19.2 Å². The van der Waals surface area contributed by atoms with Gasteiger partial charge in [-0.25, -0.2) is 0 Å². The van der Waals surface area contributed by atoms with Crippen LogP contribution in [0.3, 0.4) is 0 Å². The second-order valence-corrected chi connectivity index (χ2v) is 8.85. The molecule has 1 unspecified atom stereocenters. The van der Waals surface area contributed by atoms with Crippen LogP contribution in [0, 0.1) is 0 Å². The Bertz CT molecular complexity index is 723. The Kier molecular flexibility index (Phi) is 12.6. The molecule has 1 aromatic rings. The van der Waals surface area contributed by atoms with Crippen molar-refractivity contribution < 1.29 is 9.47 Å². The van der Waals surface area contributed by atoms with Crippen molar-refractivity contribution in [2.24, 2.45) is 4.99 Å². The van der Waals surface area contributed by atoms with E-state index in [1.807, 2.05) is 19.2 Å². The molecule has 0 bridgehead atoms. The monoisotopic (exact) mass is 573 g/mol. The Morgan fingerprint density at radius 1 is 1.15 bits per heavy atom. The molecule has 7 nitrogen and oxygen atoms in total. The maximum atomic E-state index is 5.98. The summed E-state index contributed by atoms with van der Waals surface area (Å²) in [6, 6.07) is 7.41. The summed E-state index contributed by atoms with van der Waals surface area (Å²) < 4.78 is 11.6. The summed E-state index contributed by atoms with van der Waals surface area (Å²) in [5, 5.41) is 7.07. The molecular formula is C25H44IN5O2. The first-order valence-corrected chi connectivity index (χ1v) is 12.4. The molecule has 0 spiro atoms. The van der Waals surface area contributed by atoms with E-state index in [0.717, 1.165) is 55.2 Å². The lowest BCUT2D eigenvalue weighted by atomic mass is 10.2. The third kappa shape index (κ3) is 8.47. The van der Waals surface area contributed by atoms with Gasteiger partial charge in [-0.3, -0.25) is 9.89 Å². The van der Waals surface area contributed by atoms with E-state index in [4.69, 9.17) is 9.47 Å². The van der Waals surface area contributed by atoms with Gasteiger partial charge in [0.1, 0.15) is 6.61 Å². The number of ether oxygens (including phenoxy) is 2. The van der Waals surface area contributed by atoms with Crippen molar-refractivity contribution >= 4 is 29.9 Å². The van der Waals surface area contributed by atoms with Gasteiger partial charge in [0.05, 0.1) is 7.11 Å². The molecule has 0 radical (unpaired) electrons. The van der Waals surface area contributed by atoms with E-state index >= 15 is 0 Å². The molecule has 3 rings (SSSR count). The van der Waals surface area contributed by atoms with E-state index in [2.05, 4.69) is 45.3 Å². The molecule has 1 aliphatic carbocycles. The van der Waals surface area contributed by atoms with Crippen LogP contribution in [-0.4, -0.2) is 81.3 Å². The molecule has 1 saturated carbocycles. The van der Waals surface area contributed by atoms with Gasteiger partial charge in [0.15, 0.2) is 17.5 Å². The Balaban J connectivity index is 0.00000385. The van der Waals surface area contributed by atoms with E-state index < -0.39 is 0 Å². The quantitative estimate of drug-likeness (QED) is 0.239. The summed E-state index contributed by atoms with van der Waals surface area (Å²) >= 11 is 0. The summed E-state index contributed by atoms with van der Waals surface area (Å²) in [5.41, 5.74) is 1.14. The van der Waals surface area contributed by atoms with Crippen LogP contribution in [0.1, 0.15) is 51.5 Å². The van der Waals surface area contributed by atoms with Gasteiger partial charge < -0.3 is 25.0 Å². The number of likely N-dealkylation sites (tertiary alicyclic amines) is 1. The highest BCUT2D eigenvalue weighted by Crippen LogP contribution is 2.28. The second-order valence-electron chi connectivity index (χ2n) is 8.85. The summed E-state index contributed by atoms with van der Waals surface area (Å²) in [4.78, 5) is 9.45. The van der Waals surface area contributed by atoms with Gasteiger partial charge in [0.25, 0.3) is 0 Å². The van der Waals surface area contributed by atoms with Gasteiger partial charge in [-0.15, -0.1) is 24.0 Å². The minimum Gasteiger partial charge on any atom is -0.493 e. The van der Waals surface area contributed by atoms with Gasteiger partial charge in [0.2, 0.25) is 0 Å². The number of likely N-dealkylation sites (N-methyl/N-ethyl adjacent to an activating group) is 1. The van der Waals surface area contributed by atoms with Gasteiger partial charge in [0, 0.05) is 45.3 Å². The van der Waals surface area contributed by atoms with Crippen molar-refractivity contribution in [1.29, 1.82) is 0 Å². The average molecular weight is 574 g/mol. The summed E-state index contributed by atoms with van der Waals surface area (Å²) in [5.74, 6) is 2.43. The van der Waals surface area contributed by atoms with Crippen molar-refractivity contribution in [3.8, 4) is 11.5 Å². The Morgan fingerprint density at radius 3 is 2.58 bits per heavy atom. The summed E-state index contributed by atoms with van der Waals surface area (Å²) in [7, 11) is 3.53.